The van der Waals surface area contributed by atoms with E-state index in [2.05, 4.69) is 5.32 Å². The van der Waals surface area contributed by atoms with Crippen molar-refractivity contribution in [1.82, 2.24) is 5.32 Å². The van der Waals surface area contributed by atoms with Gasteiger partial charge in [-0.1, -0.05) is 29.6 Å². The van der Waals surface area contributed by atoms with Crippen molar-refractivity contribution in [1.29, 1.82) is 0 Å². The Hall–Kier alpha value is -0.440. The van der Waals surface area contributed by atoms with Crippen LogP contribution in [0.5, 0.6) is 5.75 Å². The fraction of sp³-hybridized carbons (Fsp3) is 0.571. The summed E-state index contributed by atoms with van der Waals surface area (Å²) in [6.07, 6.45) is 6.34. The molecular weight excluding hydrogens is 269 g/mol. The van der Waals surface area contributed by atoms with Crippen molar-refractivity contribution >= 4 is 23.2 Å². The van der Waals surface area contributed by atoms with Crippen LogP contribution in [0.2, 0.25) is 10.0 Å². The third-order valence-corrected chi connectivity index (χ3v) is 4.25. The van der Waals surface area contributed by atoms with Gasteiger partial charge in [-0.15, -0.1) is 0 Å². The van der Waals surface area contributed by atoms with Gasteiger partial charge in [0.15, 0.2) is 0 Å². The van der Waals surface area contributed by atoms with Crippen molar-refractivity contribution in [2.45, 2.75) is 50.3 Å². The van der Waals surface area contributed by atoms with Crippen molar-refractivity contribution < 1.29 is 4.74 Å². The first-order valence-corrected chi connectivity index (χ1v) is 7.33. The molecule has 98 valence electrons. The van der Waals surface area contributed by atoms with Gasteiger partial charge in [-0.05, 0) is 43.9 Å². The molecule has 4 heteroatoms. The summed E-state index contributed by atoms with van der Waals surface area (Å²) in [7, 11) is 0. The molecule has 2 saturated heterocycles. The molecule has 2 aliphatic rings. The van der Waals surface area contributed by atoms with Gasteiger partial charge >= 0.3 is 0 Å². The van der Waals surface area contributed by atoms with Crippen molar-refractivity contribution in [3.05, 3.63) is 28.2 Å². The van der Waals surface area contributed by atoms with Gasteiger partial charge in [-0.25, -0.2) is 0 Å². The molecule has 0 amide bonds. The third-order valence-electron chi connectivity index (χ3n) is 3.81. The van der Waals surface area contributed by atoms with Crippen LogP contribution < -0.4 is 10.1 Å². The second-order valence-corrected chi connectivity index (χ2v) is 6.18. The van der Waals surface area contributed by atoms with Crippen molar-refractivity contribution in [3.8, 4) is 5.75 Å². The minimum atomic E-state index is 0.288. The van der Waals surface area contributed by atoms with Gasteiger partial charge < -0.3 is 10.1 Å². The molecule has 1 aromatic carbocycles. The summed E-state index contributed by atoms with van der Waals surface area (Å²) in [4.78, 5) is 0. The molecule has 0 aliphatic carbocycles. The predicted molar refractivity (Wildman–Crippen MR) is 74.7 cm³/mol. The largest absolute Gasteiger partial charge is 0.490 e. The van der Waals surface area contributed by atoms with E-state index in [1.165, 1.54) is 19.3 Å². The standard InChI is InChI=1S/C14H17Cl2NO/c15-9-4-10(16)6-13(5-9)18-14-7-11-2-1-3-12(8-14)17-11/h4-6,11-12,14,17H,1-3,7-8H2. The van der Waals surface area contributed by atoms with E-state index in [9.17, 15) is 0 Å². The lowest BCUT2D eigenvalue weighted by molar-refractivity contribution is 0.0927. The van der Waals surface area contributed by atoms with Gasteiger partial charge in [0.05, 0.1) is 0 Å². The Kier molecular flexibility index (Phi) is 3.69. The van der Waals surface area contributed by atoms with Gasteiger partial charge in [-0.2, -0.15) is 0 Å². The van der Waals surface area contributed by atoms with Gasteiger partial charge in [0.25, 0.3) is 0 Å². The van der Waals surface area contributed by atoms with Crippen LogP contribution in [0.25, 0.3) is 0 Å². The van der Waals surface area contributed by atoms with Gasteiger partial charge in [0, 0.05) is 22.1 Å². The van der Waals surface area contributed by atoms with Gasteiger partial charge in [0.2, 0.25) is 0 Å². The molecule has 1 aromatic rings. The second kappa shape index (κ2) is 5.28. The highest BCUT2D eigenvalue weighted by Gasteiger charge is 2.32. The summed E-state index contributed by atoms with van der Waals surface area (Å²) in [5.74, 6) is 0.789. The summed E-state index contributed by atoms with van der Waals surface area (Å²) >= 11 is 12.0. The smallest absolute Gasteiger partial charge is 0.122 e. The lowest BCUT2D eigenvalue weighted by Gasteiger charge is -2.40. The SMILES string of the molecule is Clc1cc(Cl)cc(OC2CC3CCCC(C2)N3)c1. The number of halogens is 2. The fourth-order valence-electron chi connectivity index (χ4n) is 3.10. The van der Waals surface area contributed by atoms with E-state index in [1.54, 1.807) is 6.07 Å². The number of hydrogen-bond donors (Lipinski definition) is 1. The number of rotatable bonds is 2. The van der Waals surface area contributed by atoms with Crippen LogP contribution in [0.3, 0.4) is 0 Å². The zero-order chi connectivity index (χ0) is 12.5. The highest BCUT2D eigenvalue weighted by Crippen LogP contribution is 2.30. The lowest BCUT2D eigenvalue weighted by Crippen LogP contribution is -2.51. The molecule has 3 rings (SSSR count). The number of ether oxygens (including phenoxy) is 1. The summed E-state index contributed by atoms with van der Waals surface area (Å²) in [5, 5.41) is 4.92. The van der Waals surface area contributed by atoms with Gasteiger partial charge in [0.1, 0.15) is 11.9 Å². The van der Waals surface area contributed by atoms with Crippen LogP contribution in [0.4, 0.5) is 0 Å². The fourth-order valence-corrected chi connectivity index (χ4v) is 3.60. The average molecular weight is 286 g/mol. The van der Waals surface area contributed by atoms with Crippen LogP contribution in [0.15, 0.2) is 18.2 Å². The maximum absolute atomic E-state index is 6.04. The first-order valence-electron chi connectivity index (χ1n) is 6.58. The highest BCUT2D eigenvalue weighted by atomic mass is 35.5. The molecular formula is C14H17Cl2NO. The topological polar surface area (TPSA) is 21.3 Å². The molecule has 0 radical (unpaired) electrons. The minimum Gasteiger partial charge on any atom is -0.490 e. The van der Waals surface area contributed by atoms with E-state index in [0.717, 1.165) is 18.6 Å². The highest BCUT2D eigenvalue weighted by molar-refractivity contribution is 6.34. The Morgan fingerprint density at radius 2 is 1.61 bits per heavy atom. The van der Waals surface area contributed by atoms with Crippen molar-refractivity contribution in [3.63, 3.8) is 0 Å². The van der Waals surface area contributed by atoms with E-state index in [-0.39, 0.29) is 6.10 Å². The van der Waals surface area contributed by atoms with E-state index < -0.39 is 0 Å². The van der Waals surface area contributed by atoms with Crippen LogP contribution in [-0.4, -0.2) is 18.2 Å². The van der Waals surface area contributed by atoms with Crippen LogP contribution in [-0.2, 0) is 0 Å². The Bertz CT molecular complexity index is 406. The molecule has 2 fully saturated rings. The molecule has 0 aromatic heterocycles. The third kappa shape index (κ3) is 2.93. The molecule has 0 saturated carbocycles. The lowest BCUT2D eigenvalue weighted by atomic mass is 9.85. The number of hydrogen-bond acceptors (Lipinski definition) is 2. The second-order valence-electron chi connectivity index (χ2n) is 5.31. The van der Waals surface area contributed by atoms with E-state index in [4.69, 9.17) is 27.9 Å². The van der Waals surface area contributed by atoms with E-state index in [0.29, 0.717) is 22.1 Å². The van der Waals surface area contributed by atoms with Crippen LogP contribution in [0, 0.1) is 0 Å². The Labute approximate surface area is 118 Å². The van der Waals surface area contributed by atoms with Crippen molar-refractivity contribution in [2.75, 3.05) is 0 Å². The summed E-state index contributed by atoms with van der Waals surface area (Å²) < 4.78 is 6.04. The Morgan fingerprint density at radius 3 is 2.22 bits per heavy atom. The predicted octanol–water partition coefficient (Wildman–Crippen LogP) is 4.05. The van der Waals surface area contributed by atoms with Gasteiger partial charge in [-0.3, -0.25) is 0 Å². The van der Waals surface area contributed by atoms with E-state index in [1.807, 2.05) is 12.1 Å². The molecule has 18 heavy (non-hydrogen) atoms. The maximum atomic E-state index is 6.04. The molecule has 2 atom stereocenters. The normalized spacial score (nSPS) is 31.1. The van der Waals surface area contributed by atoms with E-state index >= 15 is 0 Å². The molecule has 2 aliphatic heterocycles. The van der Waals surface area contributed by atoms with Crippen LogP contribution in [0.1, 0.15) is 32.1 Å². The number of piperidine rings is 2. The molecule has 2 nitrogen and oxygen atoms in total. The average Bonchev–Trinajstić information content (AvgIpc) is 2.26. The zero-order valence-electron chi connectivity index (χ0n) is 10.2. The quantitative estimate of drug-likeness (QED) is 0.885. The minimum absolute atomic E-state index is 0.288. The monoisotopic (exact) mass is 285 g/mol. The number of fused-ring (bicyclic) bond motifs is 2. The Morgan fingerprint density at radius 1 is 1.00 bits per heavy atom. The van der Waals surface area contributed by atoms with Crippen molar-refractivity contribution in [2.24, 2.45) is 0 Å². The summed E-state index contributed by atoms with van der Waals surface area (Å²) in [5.41, 5.74) is 0. The molecule has 1 N–H and O–H groups in total. The molecule has 2 bridgehead atoms. The summed E-state index contributed by atoms with van der Waals surface area (Å²) in [6, 6.07) is 6.65. The zero-order valence-corrected chi connectivity index (χ0v) is 11.7. The number of nitrogens with one attached hydrogen (secondary N) is 1. The van der Waals surface area contributed by atoms with Crippen LogP contribution >= 0.6 is 23.2 Å². The molecule has 0 spiro atoms. The summed E-state index contributed by atoms with van der Waals surface area (Å²) in [6.45, 7) is 0. The first kappa shape index (κ1) is 12.6. The first-order chi connectivity index (χ1) is 8.69. The molecule has 2 unspecified atom stereocenters. The number of benzene rings is 1. The maximum Gasteiger partial charge on any atom is 0.122 e. The Balaban J connectivity index is 1.68. The molecule has 2 heterocycles.